The molecule has 0 unspecified atom stereocenters. The smallest absolute Gasteiger partial charge is 0.234 e. The van der Waals surface area contributed by atoms with Gasteiger partial charge >= 0.3 is 0 Å². The average molecular weight is 408 g/mol. The quantitative estimate of drug-likeness (QED) is 0.765. The Hall–Kier alpha value is -2.37. The molecule has 2 aliphatic rings. The predicted molar refractivity (Wildman–Crippen MR) is 120 cm³/mol. The lowest BCUT2D eigenvalue weighted by molar-refractivity contribution is -0.123. The van der Waals surface area contributed by atoms with Crippen molar-refractivity contribution in [2.75, 3.05) is 39.3 Å². The second-order valence-corrected chi connectivity index (χ2v) is 8.53. The molecular weight excluding hydrogens is 374 g/mol. The van der Waals surface area contributed by atoms with E-state index in [2.05, 4.69) is 71.4 Å². The summed E-state index contributed by atoms with van der Waals surface area (Å²) in [5.41, 5.74) is 5.11. The number of amides is 1. The lowest BCUT2D eigenvalue weighted by Crippen LogP contribution is -2.49. The molecule has 160 valence electrons. The molecule has 2 aromatic rings. The normalized spacial score (nSPS) is 17.9. The standard InChI is InChI=1S/C25H33N3O2/c1-3-23(21-7-4-19(2)5-8-21)26-25(29)18-28-13-11-27(12-14-28)17-20-6-9-24-22(16-20)10-15-30-24/h4-9,16,23H,3,10-15,17-18H2,1-2H3,(H,26,29)/t23-/m0/s1. The first-order chi connectivity index (χ1) is 14.6. The van der Waals surface area contributed by atoms with Crippen LogP contribution in [0.2, 0.25) is 0 Å². The topological polar surface area (TPSA) is 44.8 Å². The maximum Gasteiger partial charge on any atom is 0.234 e. The first-order valence-corrected chi connectivity index (χ1v) is 11.2. The molecule has 5 heteroatoms. The zero-order valence-electron chi connectivity index (χ0n) is 18.2. The van der Waals surface area contributed by atoms with Crippen molar-refractivity contribution in [1.29, 1.82) is 0 Å². The number of nitrogens with zero attached hydrogens (tertiary/aromatic N) is 2. The van der Waals surface area contributed by atoms with Crippen molar-refractivity contribution in [3.8, 4) is 5.75 Å². The molecule has 0 saturated carbocycles. The van der Waals surface area contributed by atoms with Crippen LogP contribution in [0.1, 0.15) is 41.6 Å². The van der Waals surface area contributed by atoms with Crippen molar-refractivity contribution in [3.05, 3.63) is 64.7 Å². The predicted octanol–water partition coefficient (Wildman–Crippen LogP) is 3.32. The van der Waals surface area contributed by atoms with Crippen LogP contribution in [-0.2, 0) is 17.8 Å². The fourth-order valence-corrected chi connectivity index (χ4v) is 4.36. The number of aryl methyl sites for hydroxylation is 1. The van der Waals surface area contributed by atoms with E-state index < -0.39 is 0 Å². The number of carbonyl (C=O) groups is 1. The lowest BCUT2D eigenvalue weighted by Gasteiger charge is -2.34. The molecular formula is C25H33N3O2. The van der Waals surface area contributed by atoms with Gasteiger partial charge in [-0.05, 0) is 36.1 Å². The molecule has 30 heavy (non-hydrogen) atoms. The van der Waals surface area contributed by atoms with Crippen LogP contribution >= 0.6 is 0 Å². The van der Waals surface area contributed by atoms with Crippen LogP contribution in [0.25, 0.3) is 0 Å². The van der Waals surface area contributed by atoms with E-state index in [0.29, 0.717) is 6.54 Å². The zero-order valence-corrected chi connectivity index (χ0v) is 18.2. The van der Waals surface area contributed by atoms with Crippen molar-refractivity contribution in [1.82, 2.24) is 15.1 Å². The fraction of sp³-hybridized carbons (Fsp3) is 0.480. The molecule has 0 bridgehead atoms. The Balaban J connectivity index is 1.23. The van der Waals surface area contributed by atoms with Crippen molar-refractivity contribution in [2.45, 2.75) is 39.3 Å². The summed E-state index contributed by atoms with van der Waals surface area (Å²) in [4.78, 5) is 17.4. The Morgan fingerprint density at radius 1 is 1.07 bits per heavy atom. The molecule has 0 aromatic heterocycles. The van der Waals surface area contributed by atoms with Crippen LogP contribution in [0.15, 0.2) is 42.5 Å². The zero-order chi connectivity index (χ0) is 20.9. The van der Waals surface area contributed by atoms with Crippen LogP contribution in [0.4, 0.5) is 0 Å². The summed E-state index contributed by atoms with van der Waals surface area (Å²) < 4.78 is 5.61. The molecule has 1 amide bonds. The number of rotatable bonds is 7. The van der Waals surface area contributed by atoms with Crippen LogP contribution in [-0.4, -0.2) is 55.0 Å². The summed E-state index contributed by atoms with van der Waals surface area (Å²) in [7, 11) is 0. The Labute approximate surface area is 180 Å². The van der Waals surface area contributed by atoms with Crippen molar-refractivity contribution in [2.24, 2.45) is 0 Å². The minimum Gasteiger partial charge on any atom is -0.493 e. The maximum absolute atomic E-state index is 12.6. The number of carbonyl (C=O) groups excluding carboxylic acids is 1. The molecule has 1 N–H and O–H groups in total. The largest absolute Gasteiger partial charge is 0.493 e. The summed E-state index contributed by atoms with van der Waals surface area (Å²) in [6, 6.07) is 15.1. The fourth-order valence-electron chi connectivity index (χ4n) is 4.36. The van der Waals surface area contributed by atoms with Gasteiger partial charge in [0.15, 0.2) is 0 Å². The molecule has 2 aliphatic heterocycles. The van der Waals surface area contributed by atoms with Crippen LogP contribution in [0.5, 0.6) is 5.75 Å². The molecule has 4 rings (SSSR count). The highest BCUT2D eigenvalue weighted by Crippen LogP contribution is 2.26. The van der Waals surface area contributed by atoms with E-state index in [9.17, 15) is 4.79 Å². The molecule has 0 radical (unpaired) electrons. The number of benzene rings is 2. The Bertz CT molecular complexity index is 857. The maximum atomic E-state index is 12.6. The minimum absolute atomic E-state index is 0.0863. The van der Waals surface area contributed by atoms with Crippen molar-refractivity contribution in [3.63, 3.8) is 0 Å². The second kappa shape index (κ2) is 9.63. The summed E-state index contributed by atoms with van der Waals surface area (Å²) in [6.45, 7) is 10.3. The van der Waals surface area contributed by atoms with E-state index in [4.69, 9.17) is 4.74 Å². The van der Waals surface area contributed by atoms with Crippen LogP contribution in [0.3, 0.4) is 0 Å². The van der Waals surface area contributed by atoms with Gasteiger partial charge in [-0.3, -0.25) is 14.6 Å². The van der Waals surface area contributed by atoms with Gasteiger partial charge in [-0.25, -0.2) is 0 Å². The summed E-state index contributed by atoms with van der Waals surface area (Å²) in [5, 5.41) is 3.22. The molecule has 5 nitrogen and oxygen atoms in total. The van der Waals surface area contributed by atoms with Gasteiger partial charge in [0.2, 0.25) is 5.91 Å². The van der Waals surface area contributed by atoms with Gasteiger partial charge in [0.05, 0.1) is 19.2 Å². The molecule has 1 atom stereocenters. The van der Waals surface area contributed by atoms with Crippen molar-refractivity contribution < 1.29 is 9.53 Å². The third-order valence-electron chi connectivity index (χ3n) is 6.22. The number of piperazine rings is 1. The average Bonchev–Trinajstić information content (AvgIpc) is 3.22. The van der Waals surface area contributed by atoms with Gasteiger partial charge in [0.25, 0.3) is 0 Å². The number of ether oxygens (including phenoxy) is 1. The number of nitrogens with one attached hydrogen (secondary N) is 1. The number of hydrogen-bond donors (Lipinski definition) is 1. The van der Waals surface area contributed by atoms with Gasteiger partial charge in [0.1, 0.15) is 5.75 Å². The second-order valence-electron chi connectivity index (χ2n) is 8.53. The first-order valence-electron chi connectivity index (χ1n) is 11.2. The monoisotopic (exact) mass is 407 g/mol. The number of fused-ring (bicyclic) bond motifs is 1. The Morgan fingerprint density at radius 3 is 2.53 bits per heavy atom. The number of hydrogen-bond acceptors (Lipinski definition) is 4. The van der Waals surface area contributed by atoms with E-state index in [1.54, 1.807) is 0 Å². The van der Waals surface area contributed by atoms with E-state index in [0.717, 1.165) is 57.9 Å². The van der Waals surface area contributed by atoms with E-state index >= 15 is 0 Å². The molecule has 1 saturated heterocycles. The SMILES string of the molecule is CC[C@H](NC(=O)CN1CCN(Cc2ccc3c(c2)CCO3)CC1)c1ccc(C)cc1. The van der Waals surface area contributed by atoms with Gasteiger partial charge in [-0.2, -0.15) is 0 Å². The molecule has 2 aromatic carbocycles. The highest BCUT2D eigenvalue weighted by Gasteiger charge is 2.21. The molecule has 0 aliphatic carbocycles. The third-order valence-corrected chi connectivity index (χ3v) is 6.22. The van der Waals surface area contributed by atoms with E-state index in [1.807, 2.05) is 0 Å². The molecule has 2 heterocycles. The lowest BCUT2D eigenvalue weighted by atomic mass is 10.0. The van der Waals surface area contributed by atoms with Crippen LogP contribution in [0, 0.1) is 6.92 Å². The summed E-state index contributed by atoms with van der Waals surface area (Å²) >= 11 is 0. The van der Waals surface area contributed by atoms with E-state index in [-0.39, 0.29) is 11.9 Å². The molecule has 0 spiro atoms. The molecule has 1 fully saturated rings. The highest BCUT2D eigenvalue weighted by atomic mass is 16.5. The first kappa shape index (κ1) is 20.9. The van der Waals surface area contributed by atoms with Crippen molar-refractivity contribution >= 4 is 5.91 Å². The van der Waals surface area contributed by atoms with Gasteiger partial charge in [0, 0.05) is 39.1 Å². The summed E-state index contributed by atoms with van der Waals surface area (Å²) in [5.74, 6) is 1.17. The van der Waals surface area contributed by atoms with Gasteiger partial charge in [-0.1, -0.05) is 48.9 Å². The highest BCUT2D eigenvalue weighted by molar-refractivity contribution is 5.78. The van der Waals surface area contributed by atoms with E-state index in [1.165, 1.54) is 22.3 Å². The summed E-state index contributed by atoms with van der Waals surface area (Å²) in [6.07, 6.45) is 1.92. The van der Waals surface area contributed by atoms with Gasteiger partial charge in [-0.15, -0.1) is 0 Å². The third kappa shape index (κ3) is 5.21. The van der Waals surface area contributed by atoms with Gasteiger partial charge < -0.3 is 10.1 Å². The Kier molecular flexibility index (Phi) is 6.70. The Morgan fingerprint density at radius 2 is 1.80 bits per heavy atom. The minimum atomic E-state index is 0.0863. The van der Waals surface area contributed by atoms with Crippen LogP contribution < -0.4 is 10.1 Å².